The van der Waals surface area contributed by atoms with E-state index in [1.165, 1.54) is 4.90 Å². The second-order valence-electron chi connectivity index (χ2n) is 5.17. The van der Waals surface area contributed by atoms with Gasteiger partial charge in [-0.3, -0.25) is 0 Å². The summed E-state index contributed by atoms with van der Waals surface area (Å²) in [6.07, 6.45) is -0.358. The molecule has 1 aromatic carbocycles. The summed E-state index contributed by atoms with van der Waals surface area (Å²) in [6.45, 7) is 7.54. The number of ether oxygens (including phenoxy) is 1. The third kappa shape index (κ3) is 6.55. The first-order chi connectivity index (χ1) is 8.37. The van der Waals surface area contributed by atoms with Crippen molar-refractivity contribution in [1.29, 1.82) is 0 Å². The summed E-state index contributed by atoms with van der Waals surface area (Å²) in [4.78, 5) is 12.7. The molecule has 1 N–H and O–H groups in total. The van der Waals surface area contributed by atoms with Gasteiger partial charge in [-0.15, -0.1) is 11.8 Å². The first kappa shape index (κ1) is 14.9. The Kier molecular flexibility index (Phi) is 5.54. The van der Waals surface area contributed by atoms with Crippen LogP contribution in [-0.2, 0) is 4.74 Å². The van der Waals surface area contributed by atoms with Crippen LogP contribution in [0.15, 0.2) is 35.2 Å². The number of hydrogen-bond donors (Lipinski definition) is 1. The van der Waals surface area contributed by atoms with Crippen LogP contribution in [0.1, 0.15) is 27.7 Å². The molecule has 0 aromatic heterocycles. The van der Waals surface area contributed by atoms with Crippen molar-refractivity contribution in [2.24, 2.45) is 0 Å². The van der Waals surface area contributed by atoms with E-state index >= 15 is 0 Å². The van der Waals surface area contributed by atoms with Gasteiger partial charge in [-0.1, -0.05) is 18.2 Å². The molecule has 1 aromatic rings. The van der Waals surface area contributed by atoms with Gasteiger partial charge < -0.3 is 10.1 Å². The molecule has 0 aliphatic rings. The lowest BCUT2D eigenvalue weighted by atomic mass is 10.2. The number of hydrogen-bond acceptors (Lipinski definition) is 3. The lowest BCUT2D eigenvalue weighted by molar-refractivity contribution is 0.0513. The minimum absolute atomic E-state index is 0.0741. The molecule has 3 nitrogen and oxygen atoms in total. The summed E-state index contributed by atoms with van der Waals surface area (Å²) in [7, 11) is 0. The van der Waals surface area contributed by atoms with Crippen LogP contribution in [0.25, 0.3) is 0 Å². The smallest absolute Gasteiger partial charge is 0.407 e. The summed E-state index contributed by atoms with van der Waals surface area (Å²) >= 11 is 1.72. The quantitative estimate of drug-likeness (QED) is 0.845. The second-order valence-corrected chi connectivity index (χ2v) is 6.26. The van der Waals surface area contributed by atoms with Gasteiger partial charge in [-0.05, 0) is 39.8 Å². The van der Waals surface area contributed by atoms with E-state index in [4.69, 9.17) is 4.74 Å². The van der Waals surface area contributed by atoms with Gasteiger partial charge in [-0.2, -0.15) is 0 Å². The highest BCUT2D eigenvalue weighted by Gasteiger charge is 2.17. The van der Waals surface area contributed by atoms with E-state index in [9.17, 15) is 4.79 Å². The number of carbonyl (C=O) groups is 1. The van der Waals surface area contributed by atoms with Gasteiger partial charge in [0.25, 0.3) is 0 Å². The Morgan fingerprint density at radius 2 is 1.94 bits per heavy atom. The van der Waals surface area contributed by atoms with Crippen LogP contribution in [0, 0.1) is 0 Å². The number of amides is 1. The molecule has 0 saturated carbocycles. The fourth-order valence-electron chi connectivity index (χ4n) is 1.29. The Morgan fingerprint density at radius 1 is 1.33 bits per heavy atom. The largest absolute Gasteiger partial charge is 0.444 e. The fourth-order valence-corrected chi connectivity index (χ4v) is 2.16. The van der Waals surface area contributed by atoms with Crippen molar-refractivity contribution in [3.63, 3.8) is 0 Å². The molecule has 0 spiro atoms. The topological polar surface area (TPSA) is 38.3 Å². The van der Waals surface area contributed by atoms with E-state index in [0.29, 0.717) is 0 Å². The van der Waals surface area contributed by atoms with Crippen molar-refractivity contribution in [2.45, 2.75) is 44.2 Å². The molecule has 4 heteroatoms. The highest BCUT2D eigenvalue weighted by atomic mass is 32.2. The Balaban J connectivity index is 2.29. The van der Waals surface area contributed by atoms with Crippen LogP contribution >= 0.6 is 11.8 Å². The zero-order valence-corrected chi connectivity index (χ0v) is 12.2. The summed E-state index contributed by atoms with van der Waals surface area (Å²) in [5, 5.41) is 2.82. The maximum atomic E-state index is 11.5. The maximum Gasteiger partial charge on any atom is 0.407 e. The molecule has 18 heavy (non-hydrogen) atoms. The summed E-state index contributed by atoms with van der Waals surface area (Å²) in [6, 6.07) is 10.2. The van der Waals surface area contributed by atoms with E-state index in [-0.39, 0.29) is 12.1 Å². The van der Waals surface area contributed by atoms with Crippen molar-refractivity contribution >= 4 is 17.9 Å². The van der Waals surface area contributed by atoms with Gasteiger partial charge in [0, 0.05) is 16.7 Å². The zero-order valence-electron chi connectivity index (χ0n) is 11.4. The van der Waals surface area contributed by atoms with Crippen molar-refractivity contribution in [2.75, 3.05) is 5.75 Å². The summed E-state index contributed by atoms with van der Waals surface area (Å²) < 4.78 is 5.20. The number of nitrogens with one attached hydrogen (secondary N) is 1. The Hall–Kier alpha value is -1.16. The van der Waals surface area contributed by atoms with Gasteiger partial charge in [0.1, 0.15) is 5.60 Å². The van der Waals surface area contributed by atoms with Crippen LogP contribution < -0.4 is 5.32 Å². The Labute approximate surface area is 113 Å². The van der Waals surface area contributed by atoms with Crippen molar-refractivity contribution in [3.05, 3.63) is 30.3 Å². The number of alkyl carbamates (subject to hydrolysis) is 1. The molecule has 1 atom stereocenters. The standard InChI is InChI=1S/C14H21NO2S/c1-11(15-13(16)17-14(2,3)4)10-18-12-8-6-5-7-9-12/h5-9,11H,10H2,1-4H3,(H,15,16). The zero-order chi connectivity index (χ0) is 13.6. The van der Waals surface area contributed by atoms with Crippen LogP contribution in [0.5, 0.6) is 0 Å². The Bertz CT molecular complexity index is 373. The minimum atomic E-state index is -0.448. The molecule has 1 amide bonds. The van der Waals surface area contributed by atoms with Crippen LogP contribution in [0.3, 0.4) is 0 Å². The third-order valence-corrected chi connectivity index (χ3v) is 3.28. The predicted octanol–water partition coefficient (Wildman–Crippen LogP) is 3.69. The minimum Gasteiger partial charge on any atom is -0.444 e. The SMILES string of the molecule is CC(CSc1ccccc1)NC(=O)OC(C)(C)C. The fraction of sp³-hybridized carbons (Fsp3) is 0.500. The number of thioether (sulfide) groups is 1. The third-order valence-electron chi connectivity index (χ3n) is 2.01. The highest BCUT2D eigenvalue weighted by molar-refractivity contribution is 7.99. The van der Waals surface area contributed by atoms with Crippen LogP contribution in [0.2, 0.25) is 0 Å². The van der Waals surface area contributed by atoms with E-state index in [1.807, 2.05) is 45.9 Å². The number of benzene rings is 1. The van der Waals surface area contributed by atoms with Gasteiger partial charge in [-0.25, -0.2) is 4.79 Å². The molecule has 100 valence electrons. The van der Waals surface area contributed by atoms with E-state index in [2.05, 4.69) is 17.4 Å². The second kappa shape index (κ2) is 6.69. The van der Waals surface area contributed by atoms with E-state index < -0.39 is 5.60 Å². The van der Waals surface area contributed by atoms with Crippen molar-refractivity contribution in [3.8, 4) is 0 Å². The normalized spacial score (nSPS) is 12.9. The summed E-state index contributed by atoms with van der Waals surface area (Å²) in [5.74, 6) is 0.823. The monoisotopic (exact) mass is 267 g/mol. The molecular formula is C14H21NO2S. The Morgan fingerprint density at radius 3 is 2.50 bits per heavy atom. The first-order valence-electron chi connectivity index (χ1n) is 6.04. The van der Waals surface area contributed by atoms with Crippen molar-refractivity contribution in [1.82, 2.24) is 5.32 Å². The predicted molar refractivity (Wildman–Crippen MR) is 76.0 cm³/mol. The highest BCUT2D eigenvalue weighted by Crippen LogP contribution is 2.17. The van der Waals surface area contributed by atoms with Gasteiger partial charge in [0.05, 0.1) is 0 Å². The molecule has 0 aliphatic carbocycles. The average Bonchev–Trinajstić information content (AvgIpc) is 2.25. The molecule has 0 fully saturated rings. The molecule has 0 bridgehead atoms. The molecule has 0 aliphatic heterocycles. The first-order valence-corrected chi connectivity index (χ1v) is 7.03. The summed E-state index contributed by atoms with van der Waals surface area (Å²) in [5.41, 5.74) is -0.448. The molecule has 0 heterocycles. The number of carbonyl (C=O) groups excluding carboxylic acids is 1. The van der Waals surface area contributed by atoms with Crippen LogP contribution in [-0.4, -0.2) is 23.5 Å². The maximum absolute atomic E-state index is 11.5. The molecule has 1 unspecified atom stereocenters. The lowest BCUT2D eigenvalue weighted by Crippen LogP contribution is -2.38. The van der Waals surface area contributed by atoms with Crippen molar-refractivity contribution < 1.29 is 9.53 Å². The van der Waals surface area contributed by atoms with Gasteiger partial charge in [0.15, 0.2) is 0 Å². The molecule has 0 radical (unpaired) electrons. The average molecular weight is 267 g/mol. The van der Waals surface area contributed by atoms with Gasteiger partial charge >= 0.3 is 6.09 Å². The molecule has 0 saturated heterocycles. The molecule has 1 rings (SSSR count). The van der Waals surface area contributed by atoms with Crippen LogP contribution in [0.4, 0.5) is 4.79 Å². The number of rotatable bonds is 4. The molecular weight excluding hydrogens is 246 g/mol. The van der Waals surface area contributed by atoms with E-state index in [0.717, 1.165) is 5.75 Å². The van der Waals surface area contributed by atoms with Gasteiger partial charge in [0.2, 0.25) is 0 Å². The van der Waals surface area contributed by atoms with E-state index in [1.54, 1.807) is 11.8 Å². The lowest BCUT2D eigenvalue weighted by Gasteiger charge is -2.21.